The van der Waals surface area contributed by atoms with E-state index in [0.717, 1.165) is 17.8 Å². The number of hydrogen-bond acceptors (Lipinski definition) is 1. The molecule has 2 rings (SSSR count). The molecule has 0 aliphatic heterocycles. The van der Waals surface area contributed by atoms with Crippen molar-refractivity contribution in [3.8, 4) is 0 Å². The zero-order valence-corrected chi connectivity index (χ0v) is 8.38. The smallest absolute Gasteiger partial charge is 0.0498 e. The van der Waals surface area contributed by atoms with Crippen LogP contribution in [0.1, 0.15) is 40.0 Å². The van der Waals surface area contributed by atoms with Gasteiger partial charge in [-0.1, -0.05) is 6.92 Å². The normalized spacial score (nSPS) is 38.1. The van der Waals surface area contributed by atoms with Gasteiger partial charge in [-0.2, -0.15) is 0 Å². The van der Waals surface area contributed by atoms with Gasteiger partial charge in [0.1, 0.15) is 0 Å². The monoisotopic (exact) mass is 165 g/mol. The molecule has 0 N–H and O–H groups in total. The average Bonchev–Trinajstić information content (AvgIpc) is 2.78. The van der Waals surface area contributed by atoms with E-state index in [4.69, 9.17) is 4.99 Å². The van der Waals surface area contributed by atoms with Crippen LogP contribution in [-0.4, -0.2) is 11.8 Å². The fourth-order valence-corrected chi connectivity index (χ4v) is 2.01. The Hall–Kier alpha value is -0.330. The van der Waals surface area contributed by atoms with Gasteiger partial charge in [0.2, 0.25) is 0 Å². The molecule has 0 radical (unpaired) electrons. The van der Waals surface area contributed by atoms with E-state index >= 15 is 0 Å². The fourth-order valence-electron chi connectivity index (χ4n) is 2.01. The summed E-state index contributed by atoms with van der Waals surface area (Å²) in [5.74, 6) is 2.68. The third kappa shape index (κ3) is 1.70. The maximum Gasteiger partial charge on any atom is 0.0498 e. The van der Waals surface area contributed by atoms with Crippen LogP contribution in [0.15, 0.2) is 4.99 Å². The van der Waals surface area contributed by atoms with Gasteiger partial charge in [0.15, 0.2) is 0 Å². The van der Waals surface area contributed by atoms with E-state index in [1.807, 2.05) is 0 Å². The quantitative estimate of drug-likeness (QED) is 0.570. The summed E-state index contributed by atoms with van der Waals surface area (Å²) >= 11 is 0. The van der Waals surface area contributed by atoms with Gasteiger partial charge in [0.25, 0.3) is 0 Å². The van der Waals surface area contributed by atoms with Gasteiger partial charge in [-0.15, -0.1) is 0 Å². The zero-order chi connectivity index (χ0) is 8.72. The SMILES string of the molecule is CC(=NC(C)C1CC1)C1CC1C. The Morgan fingerprint density at radius 1 is 1.42 bits per heavy atom. The molecule has 0 amide bonds. The molecule has 2 saturated carbocycles. The number of aliphatic imine (C=N–C) groups is 1. The largest absolute Gasteiger partial charge is 0.291 e. The molecule has 2 fully saturated rings. The number of hydrogen-bond donors (Lipinski definition) is 0. The number of rotatable bonds is 3. The van der Waals surface area contributed by atoms with Gasteiger partial charge in [0, 0.05) is 11.8 Å². The second-order valence-electron chi connectivity index (χ2n) is 4.67. The van der Waals surface area contributed by atoms with Gasteiger partial charge < -0.3 is 0 Å². The van der Waals surface area contributed by atoms with E-state index in [9.17, 15) is 0 Å². The highest BCUT2D eigenvalue weighted by molar-refractivity contribution is 5.87. The van der Waals surface area contributed by atoms with Crippen LogP contribution in [0.2, 0.25) is 0 Å². The summed E-state index contributed by atoms with van der Waals surface area (Å²) in [5, 5.41) is 0. The van der Waals surface area contributed by atoms with Gasteiger partial charge in [-0.25, -0.2) is 0 Å². The Bertz CT molecular complexity index is 203. The molecule has 0 aromatic carbocycles. The second-order valence-corrected chi connectivity index (χ2v) is 4.67. The Kier molecular flexibility index (Phi) is 1.97. The molecule has 2 aliphatic rings. The molecule has 68 valence electrons. The predicted molar refractivity (Wildman–Crippen MR) is 52.6 cm³/mol. The van der Waals surface area contributed by atoms with Crippen molar-refractivity contribution in [2.75, 3.05) is 0 Å². The van der Waals surface area contributed by atoms with Crippen LogP contribution < -0.4 is 0 Å². The van der Waals surface area contributed by atoms with E-state index < -0.39 is 0 Å². The third-order valence-corrected chi connectivity index (χ3v) is 3.36. The van der Waals surface area contributed by atoms with Crippen molar-refractivity contribution < 1.29 is 0 Å². The van der Waals surface area contributed by atoms with E-state index in [1.54, 1.807) is 0 Å². The Morgan fingerprint density at radius 2 is 2.00 bits per heavy atom. The van der Waals surface area contributed by atoms with Crippen LogP contribution in [0.4, 0.5) is 0 Å². The highest BCUT2D eigenvalue weighted by Gasteiger charge is 2.36. The lowest BCUT2D eigenvalue weighted by Crippen LogP contribution is -2.06. The van der Waals surface area contributed by atoms with Gasteiger partial charge in [-0.3, -0.25) is 4.99 Å². The van der Waals surface area contributed by atoms with E-state index in [2.05, 4.69) is 20.8 Å². The maximum atomic E-state index is 4.77. The second kappa shape index (κ2) is 2.86. The van der Waals surface area contributed by atoms with Gasteiger partial charge in [0.05, 0.1) is 0 Å². The molecule has 0 saturated heterocycles. The van der Waals surface area contributed by atoms with Crippen molar-refractivity contribution in [2.45, 2.75) is 46.1 Å². The van der Waals surface area contributed by atoms with Gasteiger partial charge in [-0.05, 0) is 50.9 Å². The van der Waals surface area contributed by atoms with Gasteiger partial charge >= 0.3 is 0 Å². The topological polar surface area (TPSA) is 12.4 Å². The summed E-state index contributed by atoms with van der Waals surface area (Å²) in [6, 6.07) is 0.609. The molecule has 0 aromatic rings. The summed E-state index contributed by atoms with van der Waals surface area (Å²) in [4.78, 5) is 4.77. The Morgan fingerprint density at radius 3 is 2.42 bits per heavy atom. The Balaban J connectivity index is 1.88. The molecule has 3 unspecified atom stereocenters. The van der Waals surface area contributed by atoms with Crippen LogP contribution >= 0.6 is 0 Å². The summed E-state index contributed by atoms with van der Waals surface area (Å²) in [6.45, 7) is 6.81. The minimum Gasteiger partial charge on any atom is -0.291 e. The van der Waals surface area contributed by atoms with Crippen LogP contribution in [-0.2, 0) is 0 Å². The average molecular weight is 165 g/mol. The van der Waals surface area contributed by atoms with Crippen LogP contribution in [0.3, 0.4) is 0 Å². The minimum atomic E-state index is 0.609. The third-order valence-electron chi connectivity index (χ3n) is 3.36. The number of nitrogens with zero attached hydrogens (tertiary/aromatic N) is 1. The molecule has 0 heterocycles. The lowest BCUT2D eigenvalue weighted by molar-refractivity contribution is 0.648. The summed E-state index contributed by atoms with van der Waals surface area (Å²) in [7, 11) is 0. The standard InChI is InChI=1S/C11H19N/c1-7-6-11(7)9(3)12-8(2)10-4-5-10/h7-8,10-11H,4-6H2,1-3H3. The molecule has 0 bridgehead atoms. The van der Waals surface area contributed by atoms with Crippen molar-refractivity contribution in [1.29, 1.82) is 0 Å². The summed E-state index contributed by atoms with van der Waals surface area (Å²) in [5.41, 5.74) is 1.42. The van der Waals surface area contributed by atoms with E-state index in [0.29, 0.717) is 6.04 Å². The van der Waals surface area contributed by atoms with E-state index in [-0.39, 0.29) is 0 Å². The molecular formula is C11H19N. The first-order chi connectivity index (χ1) is 5.68. The Labute approximate surface area is 75.3 Å². The highest BCUT2D eigenvalue weighted by atomic mass is 14.8. The van der Waals surface area contributed by atoms with Crippen LogP contribution in [0.5, 0.6) is 0 Å². The van der Waals surface area contributed by atoms with Crippen molar-refractivity contribution in [2.24, 2.45) is 22.7 Å². The first kappa shape index (κ1) is 8.28. The molecule has 0 spiro atoms. The van der Waals surface area contributed by atoms with Crippen LogP contribution in [0, 0.1) is 17.8 Å². The lowest BCUT2D eigenvalue weighted by atomic mass is 10.2. The van der Waals surface area contributed by atoms with Crippen molar-refractivity contribution >= 4 is 5.71 Å². The molecule has 3 atom stereocenters. The highest BCUT2D eigenvalue weighted by Crippen LogP contribution is 2.40. The molecule has 1 nitrogen and oxygen atoms in total. The van der Waals surface area contributed by atoms with Crippen molar-refractivity contribution in [3.05, 3.63) is 0 Å². The summed E-state index contributed by atoms with van der Waals surface area (Å²) < 4.78 is 0. The summed E-state index contributed by atoms with van der Waals surface area (Å²) in [6.07, 6.45) is 4.21. The molecular weight excluding hydrogens is 146 g/mol. The molecule has 0 aromatic heterocycles. The first-order valence-electron chi connectivity index (χ1n) is 5.22. The molecule has 12 heavy (non-hydrogen) atoms. The lowest BCUT2D eigenvalue weighted by Gasteiger charge is -2.05. The predicted octanol–water partition coefficient (Wildman–Crippen LogP) is 2.90. The van der Waals surface area contributed by atoms with Crippen LogP contribution in [0.25, 0.3) is 0 Å². The van der Waals surface area contributed by atoms with Crippen molar-refractivity contribution in [1.82, 2.24) is 0 Å². The van der Waals surface area contributed by atoms with Crippen molar-refractivity contribution in [3.63, 3.8) is 0 Å². The fraction of sp³-hybridized carbons (Fsp3) is 0.909. The zero-order valence-electron chi connectivity index (χ0n) is 8.38. The minimum absolute atomic E-state index is 0.609. The maximum absolute atomic E-state index is 4.77. The van der Waals surface area contributed by atoms with E-state index in [1.165, 1.54) is 25.0 Å². The molecule has 1 heteroatoms. The molecule has 2 aliphatic carbocycles. The first-order valence-corrected chi connectivity index (χ1v) is 5.22.